The van der Waals surface area contributed by atoms with Crippen molar-refractivity contribution >= 4 is 52.2 Å². The zero-order chi connectivity index (χ0) is 32.0. The highest BCUT2D eigenvalue weighted by Gasteiger charge is 2.29. The molecule has 1 aliphatic rings. The molecule has 1 fully saturated rings. The van der Waals surface area contributed by atoms with Gasteiger partial charge in [-0.15, -0.1) is 24.8 Å². The predicted octanol–water partition coefficient (Wildman–Crippen LogP) is 7.37. The molecule has 9 nitrogen and oxygen atoms in total. The quantitative estimate of drug-likeness (QED) is 0.178. The van der Waals surface area contributed by atoms with E-state index in [9.17, 15) is 22.0 Å². The Morgan fingerprint density at radius 2 is 1.62 bits per heavy atom. The molecule has 1 aromatic heterocycles. The van der Waals surface area contributed by atoms with E-state index in [1.807, 2.05) is 43.3 Å². The Bertz CT molecular complexity index is 1740. The van der Waals surface area contributed by atoms with Gasteiger partial charge >= 0.3 is 6.03 Å². The number of rotatable bonds is 10. The highest BCUT2D eigenvalue weighted by molar-refractivity contribution is 7.92. The Balaban J connectivity index is 0.00000300. The zero-order valence-corrected chi connectivity index (χ0v) is 28.3. The van der Waals surface area contributed by atoms with Gasteiger partial charge in [-0.1, -0.05) is 18.2 Å². The number of halogens is 4. The molecule has 2 amide bonds. The van der Waals surface area contributed by atoms with Crippen molar-refractivity contribution in [3.63, 3.8) is 0 Å². The highest BCUT2D eigenvalue weighted by Crippen LogP contribution is 2.26. The molecule has 14 heteroatoms. The predicted molar refractivity (Wildman–Crippen MR) is 184 cm³/mol. The number of urea groups is 1. The number of pyridine rings is 1. The largest absolute Gasteiger partial charge is 0.457 e. The number of sulfonamides is 1. The minimum absolute atomic E-state index is 0. The molecule has 0 unspecified atom stereocenters. The van der Waals surface area contributed by atoms with Crippen LogP contribution in [0.3, 0.4) is 0 Å². The van der Waals surface area contributed by atoms with Gasteiger partial charge in [-0.3, -0.25) is 14.6 Å². The number of aryl methyl sites for hydroxylation is 1. The van der Waals surface area contributed by atoms with Gasteiger partial charge in [0.25, 0.3) is 0 Å². The number of anilines is 2. The second-order valence-corrected chi connectivity index (χ2v) is 12.8. The lowest BCUT2D eigenvalue weighted by Crippen LogP contribution is -2.48. The Labute approximate surface area is 286 Å². The topological polar surface area (TPSA) is 104 Å². The van der Waals surface area contributed by atoms with Gasteiger partial charge in [0.15, 0.2) is 0 Å². The van der Waals surface area contributed by atoms with Crippen LogP contribution in [0.4, 0.5) is 25.0 Å². The van der Waals surface area contributed by atoms with Crippen molar-refractivity contribution in [3.8, 4) is 11.5 Å². The second kappa shape index (κ2) is 16.7. The van der Waals surface area contributed by atoms with Gasteiger partial charge in [0.2, 0.25) is 10.0 Å². The third-order valence-corrected chi connectivity index (χ3v) is 8.20. The molecule has 1 saturated heterocycles. The fraction of sp³-hybridized carbons (Fsp3) is 0.273. The number of carbonyl (C=O) groups is 1. The number of amides is 2. The Morgan fingerprint density at radius 3 is 2.21 bits per heavy atom. The van der Waals surface area contributed by atoms with Crippen LogP contribution in [-0.4, -0.2) is 54.6 Å². The van der Waals surface area contributed by atoms with Crippen molar-refractivity contribution in [2.75, 3.05) is 29.4 Å². The van der Waals surface area contributed by atoms with Gasteiger partial charge in [0.1, 0.15) is 23.1 Å². The highest BCUT2D eigenvalue weighted by atomic mass is 35.5. The lowest BCUT2D eigenvalue weighted by molar-refractivity contribution is 0.119. The Kier molecular flexibility index (Phi) is 13.3. The van der Waals surface area contributed by atoms with E-state index in [0.717, 1.165) is 67.7 Å². The van der Waals surface area contributed by atoms with Crippen LogP contribution < -0.4 is 14.8 Å². The summed E-state index contributed by atoms with van der Waals surface area (Å²) < 4.78 is 58.9. The maximum Gasteiger partial charge on any atom is 0.322 e. The summed E-state index contributed by atoms with van der Waals surface area (Å²) >= 11 is 0. The van der Waals surface area contributed by atoms with Crippen LogP contribution in [0, 0.1) is 18.6 Å². The lowest BCUT2D eigenvalue weighted by atomic mass is 10.0. The maximum absolute atomic E-state index is 14.3. The molecular formula is C33H37Cl2F2N5O4S. The Morgan fingerprint density at radius 1 is 0.979 bits per heavy atom. The van der Waals surface area contributed by atoms with Crippen molar-refractivity contribution in [2.45, 2.75) is 38.9 Å². The molecular weight excluding hydrogens is 671 g/mol. The smallest absolute Gasteiger partial charge is 0.322 e. The number of benzene rings is 3. The fourth-order valence-corrected chi connectivity index (χ4v) is 5.81. The van der Waals surface area contributed by atoms with Gasteiger partial charge in [0.05, 0.1) is 24.2 Å². The average molecular weight is 709 g/mol. The number of ether oxygens (including phenoxy) is 1. The molecule has 4 aromatic rings. The first-order valence-electron chi connectivity index (χ1n) is 14.5. The molecule has 0 radical (unpaired) electrons. The van der Waals surface area contributed by atoms with Crippen molar-refractivity contribution in [1.82, 2.24) is 14.8 Å². The summed E-state index contributed by atoms with van der Waals surface area (Å²) in [7, 11) is -3.35. The van der Waals surface area contributed by atoms with Crippen LogP contribution >= 0.6 is 24.8 Å². The SMILES string of the molecule is Cc1cccnc1CN(C(=O)Nc1ccc(F)cc1F)C1CCN(Cc2ccc(Oc3ccc(NS(C)(=O)=O)cc3)cc2)CC1.Cl.Cl. The molecule has 0 atom stereocenters. The van der Waals surface area contributed by atoms with Gasteiger partial charge in [-0.2, -0.15) is 0 Å². The number of hydrogen-bond donors (Lipinski definition) is 2. The first-order valence-corrected chi connectivity index (χ1v) is 16.4. The van der Waals surface area contributed by atoms with Crippen molar-refractivity contribution in [2.24, 2.45) is 0 Å². The van der Waals surface area contributed by atoms with E-state index in [2.05, 4.69) is 19.9 Å². The number of aromatic nitrogens is 1. The zero-order valence-electron chi connectivity index (χ0n) is 25.9. The first-order chi connectivity index (χ1) is 21.5. The van der Waals surface area contributed by atoms with E-state index in [4.69, 9.17) is 4.74 Å². The molecule has 5 rings (SSSR count). The summed E-state index contributed by atoms with van der Waals surface area (Å²) in [5.41, 5.74) is 3.21. The van der Waals surface area contributed by atoms with Crippen molar-refractivity contribution < 1.29 is 26.7 Å². The second-order valence-electron chi connectivity index (χ2n) is 11.1. The summed E-state index contributed by atoms with van der Waals surface area (Å²) in [6.45, 7) is 4.45. The third-order valence-electron chi connectivity index (χ3n) is 7.59. The number of hydrogen-bond acceptors (Lipinski definition) is 6. The summed E-state index contributed by atoms with van der Waals surface area (Å²) in [6.07, 6.45) is 4.22. The molecule has 2 heterocycles. The molecule has 47 heavy (non-hydrogen) atoms. The average Bonchev–Trinajstić information content (AvgIpc) is 3.00. The molecule has 3 aromatic carbocycles. The van der Waals surface area contributed by atoms with E-state index in [1.54, 1.807) is 35.4 Å². The van der Waals surface area contributed by atoms with Crippen LogP contribution in [0.2, 0.25) is 0 Å². The number of carbonyl (C=O) groups excluding carboxylic acids is 1. The van der Waals surface area contributed by atoms with E-state index in [0.29, 0.717) is 17.2 Å². The van der Waals surface area contributed by atoms with E-state index < -0.39 is 27.7 Å². The summed E-state index contributed by atoms with van der Waals surface area (Å²) in [5.74, 6) is -0.300. The van der Waals surface area contributed by atoms with Gasteiger partial charge < -0.3 is 15.0 Å². The monoisotopic (exact) mass is 707 g/mol. The van der Waals surface area contributed by atoms with Crippen LogP contribution in [0.15, 0.2) is 85.1 Å². The minimum Gasteiger partial charge on any atom is -0.457 e. The van der Waals surface area contributed by atoms with Crippen LogP contribution in [0.25, 0.3) is 0 Å². The van der Waals surface area contributed by atoms with Gasteiger partial charge in [-0.25, -0.2) is 22.0 Å². The van der Waals surface area contributed by atoms with Gasteiger partial charge in [-0.05, 0) is 85.5 Å². The van der Waals surface area contributed by atoms with Crippen LogP contribution in [0.1, 0.15) is 29.7 Å². The first kappa shape index (κ1) is 37.5. The van der Waals surface area contributed by atoms with Crippen molar-refractivity contribution in [3.05, 3.63) is 114 Å². The minimum atomic E-state index is -3.35. The standard InChI is InChI=1S/C33H35F2N5O4S.2ClH/c1-23-4-3-17-36-32(23)22-40(33(41)37-31-14-7-25(34)20-30(31)35)27-15-18-39(19-16-27)21-24-5-10-28(11-6-24)44-29-12-8-26(9-13-29)38-45(2,42)43;;/h3-14,17,20,27,38H,15-16,18-19,21-22H2,1-2H3,(H,37,41);2*1H. The molecule has 0 aliphatic carbocycles. The van der Waals surface area contributed by atoms with Gasteiger partial charge in [0, 0.05) is 43.6 Å². The number of piperidine rings is 1. The summed E-state index contributed by atoms with van der Waals surface area (Å²) in [6, 6.07) is 20.8. The maximum atomic E-state index is 14.3. The molecule has 1 aliphatic heterocycles. The number of nitrogens with one attached hydrogen (secondary N) is 2. The molecule has 252 valence electrons. The van der Waals surface area contributed by atoms with E-state index >= 15 is 0 Å². The third kappa shape index (κ3) is 10.8. The molecule has 0 bridgehead atoms. The van der Waals surface area contributed by atoms with Crippen molar-refractivity contribution in [1.29, 1.82) is 0 Å². The normalized spacial score (nSPS) is 13.5. The van der Waals surface area contributed by atoms with Crippen LogP contribution in [-0.2, 0) is 23.1 Å². The lowest BCUT2D eigenvalue weighted by Gasteiger charge is -2.38. The van der Waals surface area contributed by atoms with E-state index in [-0.39, 0.29) is 43.1 Å². The fourth-order valence-electron chi connectivity index (χ4n) is 5.24. The number of likely N-dealkylation sites (tertiary alicyclic amines) is 1. The summed E-state index contributed by atoms with van der Waals surface area (Å²) in [4.78, 5) is 21.9. The summed E-state index contributed by atoms with van der Waals surface area (Å²) in [5, 5.41) is 2.62. The molecule has 0 saturated carbocycles. The van der Waals surface area contributed by atoms with E-state index in [1.165, 1.54) is 6.07 Å². The molecule has 0 spiro atoms. The Hall–Kier alpha value is -3.97. The number of nitrogens with zero attached hydrogens (tertiary/aromatic N) is 3. The van der Waals surface area contributed by atoms with Crippen LogP contribution in [0.5, 0.6) is 11.5 Å². The molecule has 2 N–H and O–H groups in total.